The monoisotopic (exact) mass is 190 g/mol. The van der Waals surface area contributed by atoms with Crippen LogP contribution in [-0.4, -0.2) is 4.98 Å². The number of aromatic nitrogens is 1. The second-order valence-corrected chi connectivity index (χ2v) is 1.61. The summed E-state index contributed by atoms with van der Waals surface area (Å²) in [6.45, 7) is 0. The van der Waals surface area contributed by atoms with Crippen LogP contribution in [0, 0.1) is 12.3 Å². The molecule has 2 N–H and O–H groups in total. The maximum absolute atomic E-state index is 5.33. The molecule has 0 saturated carbocycles. The highest BCUT2D eigenvalue weighted by Gasteiger charge is 1.85. The zero-order chi connectivity index (χ0) is 6.69. The highest BCUT2D eigenvalue weighted by molar-refractivity contribution is 5.85. The molecule has 0 atom stereocenters. The molecule has 11 heavy (non-hydrogen) atoms. The summed E-state index contributed by atoms with van der Waals surface area (Å²) in [5.41, 5.74) is 6.09. The van der Waals surface area contributed by atoms with Gasteiger partial charge in [-0.1, -0.05) is 5.92 Å². The maximum Gasteiger partial charge on any atom is 0.124 e. The number of terminal acetylenes is 1. The first-order valence-electron chi connectivity index (χ1n) is 2.51. The van der Waals surface area contributed by atoms with Gasteiger partial charge in [0.05, 0.1) is 0 Å². The first kappa shape index (κ1) is 12.7. The Hall–Kier alpha value is -0.910. The van der Waals surface area contributed by atoms with Gasteiger partial charge >= 0.3 is 0 Å². The average molecular weight is 191 g/mol. The Balaban J connectivity index is 0. The van der Waals surface area contributed by atoms with E-state index in [1.54, 1.807) is 18.3 Å². The fourth-order valence-corrected chi connectivity index (χ4v) is 0.538. The molecule has 1 aromatic heterocycles. The lowest BCUT2D eigenvalue weighted by molar-refractivity contribution is 1.33. The summed E-state index contributed by atoms with van der Waals surface area (Å²) < 4.78 is 0. The number of halogens is 2. The Bertz CT molecular complexity index is 255. The summed E-state index contributed by atoms with van der Waals surface area (Å²) in [5, 5.41) is 0. The third-order valence-corrected chi connectivity index (χ3v) is 0.948. The summed E-state index contributed by atoms with van der Waals surface area (Å²) in [5.74, 6) is 2.91. The van der Waals surface area contributed by atoms with Gasteiger partial charge in [0.1, 0.15) is 5.82 Å². The van der Waals surface area contributed by atoms with Crippen LogP contribution in [0.2, 0.25) is 0 Å². The largest absolute Gasteiger partial charge is 0.384 e. The molecular weight excluding hydrogens is 183 g/mol. The quantitative estimate of drug-likeness (QED) is 0.631. The Morgan fingerprint density at radius 2 is 2.09 bits per heavy atom. The van der Waals surface area contributed by atoms with Crippen molar-refractivity contribution in [2.45, 2.75) is 0 Å². The van der Waals surface area contributed by atoms with E-state index < -0.39 is 0 Å². The highest BCUT2D eigenvalue weighted by atomic mass is 35.5. The van der Waals surface area contributed by atoms with Crippen LogP contribution in [0.3, 0.4) is 0 Å². The molecule has 0 bridgehead atoms. The van der Waals surface area contributed by atoms with Gasteiger partial charge in [-0.15, -0.1) is 31.2 Å². The number of hydrogen-bond donors (Lipinski definition) is 1. The van der Waals surface area contributed by atoms with Crippen LogP contribution < -0.4 is 5.73 Å². The van der Waals surface area contributed by atoms with Crippen molar-refractivity contribution < 1.29 is 0 Å². The summed E-state index contributed by atoms with van der Waals surface area (Å²) in [4.78, 5) is 3.77. The summed E-state index contributed by atoms with van der Waals surface area (Å²) in [6, 6.07) is 3.39. The zero-order valence-corrected chi connectivity index (χ0v) is 7.28. The summed E-state index contributed by atoms with van der Waals surface area (Å²) in [7, 11) is 0. The molecule has 0 radical (unpaired) electrons. The topological polar surface area (TPSA) is 38.9 Å². The maximum atomic E-state index is 5.33. The zero-order valence-electron chi connectivity index (χ0n) is 5.65. The number of rotatable bonds is 0. The van der Waals surface area contributed by atoms with Crippen LogP contribution in [0.5, 0.6) is 0 Å². The predicted octanol–water partition coefficient (Wildman–Crippen LogP) is 1.49. The standard InChI is InChI=1S/C7H6N2.2ClH/c1-2-6-3-4-9-7(8)5-6;;/h1,3-5H,(H2,8,9);2*1H. The molecule has 1 aromatic rings. The van der Waals surface area contributed by atoms with E-state index in [0.29, 0.717) is 5.82 Å². The Kier molecular flexibility index (Phi) is 6.77. The van der Waals surface area contributed by atoms with E-state index >= 15 is 0 Å². The molecule has 0 unspecified atom stereocenters. The number of nitrogen functional groups attached to an aromatic ring is 1. The molecule has 60 valence electrons. The lowest BCUT2D eigenvalue weighted by atomic mass is 10.3. The third-order valence-electron chi connectivity index (χ3n) is 0.948. The van der Waals surface area contributed by atoms with Gasteiger partial charge in [0.25, 0.3) is 0 Å². The Morgan fingerprint density at radius 1 is 1.45 bits per heavy atom. The molecule has 1 rings (SSSR count). The van der Waals surface area contributed by atoms with Gasteiger partial charge in [-0.25, -0.2) is 4.98 Å². The van der Waals surface area contributed by atoms with E-state index in [-0.39, 0.29) is 24.8 Å². The second kappa shape index (κ2) is 5.84. The normalized spacial score (nSPS) is 6.82. The van der Waals surface area contributed by atoms with Crippen molar-refractivity contribution in [3.8, 4) is 12.3 Å². The molecule has 0 aliphatic carbocycles. The first-order valence-corrected chi connectivity index (χ1v) is 2.51. The Morgan fingerprint density at radius 3 is 2.45 bits per heavy atom. The summed E-state index contributed by atoms with van der Waals surface area (Å²) >= 11 is 0. The average Bonchev–Trinajstić information content (AvgIpc) is 1.88. The molecule has 0 aliphatic heterocycles. The number of hydrogen-bond acceptors (Lipinski definition) is 2. The van der Waals surface area contributed by atoms with Gasteiger partial charge in [-0.05, 0) is 12.1 Å². The van der Waals surface area contributed by atoms with Crippen molar-refractivity contribution in [2.75, 3.05) is 5.73 Å². The smallest absolute Gasteiger partial charge is 0.124 e. The van der Waals surface area contributed by atoms with Crippen LogP contribution >= 0.6 is 24.8 Å². The number of nitrogens with two attached hydrogens (primary N) is 1. The number of nitrogens with zero attached hydrogens (tertiary/aromatic N) is 1. The van der Waals surface area contributed by atoms with Gasteiger partial charge in [0.2, 0.25) is 0 Å². The van der Waals surface area contributed by atoms with Crippen molar-refractivity contribution in [2.24, 2.45) is 0 Å². The predicted molar refractivity (Wildman–Crippen MR) is 51.1 cm³/mol. The Labute approximate surface area is 78.0 Å². The summed E-state index contributed by atoms with van der Waals surface area (Å²) in [6.07, 6.45) is 6.67. The molecule has 4 heteroatoms. The fraction of sp³-hybridized carbons (Fsp3) is 0. The van der Waals surface area contributed by atoms with Crippen molar-refractivity contribution in [3.63, 3.8) is 0 Å². The molecule has 0 aliphatic rings. The number of pyridine rings is 1. The molecule has 2 nitrogen and oxygen atoms in total. The lowest BCUT2D eigenvalue weighted by Gasteiger charge is -1.89. The minimum atomic E-state index is 0. The van der Waals surface area contributed by atoms with E-state index in [1.165, 1.54) is 0 Å². The number of anilines is 1. The van der Waals surface area contributed by atoms with Crippen molar-refractivity contribution in [1.29, 1.82) is 0 Å². The molecule has 0 aromatic carbocycles. The van der Waals surface area contributed by atoms with E-state index in [4.69, 9.17) is 12.2 Å². The molecular formula is C7H8Cl2N2. The van der Waals surface area contributed by atoms with Crippen LogP contribution in [0.4, 0.5) is 5.82 Å². The van der Waals surface area contributed by atoms with Crippen LogP contribution in [0.1, 0.15) is 5.56 Å². The minimum absolute atomic E-state index is 0. The molecule has 0 spiro atoms. The first-order chi connectivity index (χ1) is 4.33. The van der Waals surface area contributed by atoms with E-state index in [0.717, 1.165) is 5.56 Å². The van der Waals surface area contributed by atoms with Crippen molar-refractivity contribution in [3.05, 3.63) is 23.9 Å². The molecule has 0 amide bonds. The van der Waals surface area contributed by atoms with Crippen LogP contribution in [-0.2, 0) is 0 Å². The highest BCUT2D eigenvalue weighted by Crippen LogP contribution is 1.99. The minimum Gasteiger partial charge on any atom is -0.384 e. The van der Waals surface area contributed by atoms with Gasteiger partial charge in [-0.3, -0.25) is 0 Å². The van der Waals surface area contributed by atoms with E-state index in [2.05, 4.69) is 10.9 Å². The molecule has 0 fully saturated rings. The second-order valence-electron chi connectivity index (χ2n) is 1.61. The van der Waals surface area contributed by atoms with Gasteiger partial charge in [0, 0.05) is 11.8 Å². The molecule has 1 heterocycles. The van der Waals surface area contributed by atoms with Crippen molar-refractivity contribution >= 4 is 30.6 Å². The molecule has 0 saturated heterocycles. The fourth-order valence-electron chi connectivity index (χ4n) is 0.538. The van der Waals surface area contributed by atoms with Crippen LogP contribution in [0.15, 0.2) is 18.3 Å². The van der Waals surface area contributed by atoms with Crippen LogP contribution in [0.25, 0.3) is 0 Å². The van der Waals surface area contributed by atoms with Gasteiger partial charge in [0.15, 0.2) is 0 Å². The van der Waals surface area contributed by atoms with Gasteiger partial charge in [-0.2, -0.15) is 0 Å². The van der Waals surface area contributed by atoms with Gasteiger partial charge < -0.3 is 5.73 Å². The van der Waals surface area contributed by atoms with E-state index in [9.17, 15) is 0 Å². The third kappa shape index (κ3) is 3.72. The van der Waals surface area contributed by atoms with E-state index in [1.807, 2.05) is 0 Å². The van der Waals surface area contributed by atoms with Crippen molar-refractivity contribution in [1.82, 2.24) is 4.98 Å². The lowest BCUT2D eigenvalue weighted by Crippen LogP contribution is -1.88. The SMILES string of the molecule is C#Cc1ccnc(N)c1.Cl.Cl.